The molecule has 3 aromatic heterocycles. The Morgan fingerprint density at radius 3 is 1.57 bits per heavy atom. The van der Waals surface area contributed by atoms with E-state index in [0.29, 0.717) is 17.6 Å². The fourth-order valence-electron chi connectivity index (χ4n) is 9.35. The first-order valence-corrected chi connectivity index (χ1v) is 22.5. The van der Waals surface area contributed by atoms with Crippen LogP contribution in [0.1, 0.15) is 20.3 Å². The average Bonchev–Trinajstić information content (AvgIpc) is 3.90. The van der Waals surface area contributed by atoms with Crippen LogP contribution in [0.15, 0.2) is 194 Å². The van der Waals surface area contributed by atoms with Gasteiger partial charge >= 0.3 is 0 Å². The summed E-state index contributed by atoms with van der Waals surface area (Å²) in [5, 5.41) is 14.3. The highest BCUT2D eigenvalue weighted by atomic mass is 32.1. The van der Waals surface area contributed by atoms with E-state index < -0.39 is 0 Å². The van der Waals surface area contributed by atoms with Gasteiger partial charge in [0.1, 0.15) is 0 Å². The lowest BCUT2D eigenvalue weighted by Crippen LogP contribution is -2.07. The lowest BCUT2D eigenvalue weighted by molar-refractivity contribution is 0.956. The van der Waals surface area contributed by atoms with Crippen molar-refractivity contribution in [3.8, 4) is 39.9 Å². The molecule has 0 fully saturated rings. The van der Waals surface area contributed by atoms with E-state index in [-0.39, 0.29) is 0 Å². The summed E-state index contributed by atoms with van der Waals surface area (Å²) in [6.45, 7) is 4.25. The molecule has 4 nitrogen and oxygen atoms in total. The molecule has 0 aliphatic carbocycles. The second-order valence-corrected chi connectivity index (χ2v) is 17.4. The summed E-state index contributed by atoms with van der Waals surface area (Å²) >= 11 is 1.86. The topological polar surface area (TPSA) is 43.6 Å². The molecule has 13 rings (SSSR count). The van der Waals surface area contributed by atoms with Gasteiger partial charge < -0.3 is 0 Å². The third-order valence-corrected chi connectivity index (χ3v) is 13.3. The molecule has 5 heteroatoms. The summed E-state index contributed by atoms with van der Waals surface area (Å²) < 4.78 is 4.89. The number of hydrogen-bond acceptors (Lipinski definition) is 4. The zero-order valence-corrected chi connectivity index (χ0v) is 35.7. The molecule has 0 N–H and O–H groups in total. The van der Waals surface area contributed by atoms with Crippen LogP contribution in [0.2, 0.25) is 0 Å². The van der Waals surface area contributed by atoms with Crippen LogP contribution in [0.25, 0.3) is 125 Å². The highest BCUT2D eigenvalue weighted by Gasteiger charge is 2.23. The van der Waals surface area contributed by atoms with Gasteiger partial charge in [0.05, 0.1) is 11.0 Å². The van der Waals surface area contributed by atoms with Crippen LogP contribution in [0.3, 0.4) is 0 Å². The Labute approximate surface area is 368 Å². The second-order valence-electron chi connectivity index (χ2n) is 16.3. The van der Waals surface area contributed by atoms with Crippen LogP contribution >= 0.6 is 11.3 Å². The molecule has 0 radical (unpaired) electrons. The van der Waals surface area contributed by atoms with Crippen molar-refractivity contribution in [2.75, 3.05) is 0 Å². The third-order valence-electron chi connectivity index (χ3n) is 12.2. The number of aromatic nitrogens is 4. The fourth-order valence-corrected chi connectivity index (χ4v) is 10.5. The molecule has 13 aromatic rings. The smallest absolute Gasteiger partial charge is 0.238 e. The van der Waals surface area contributed by atoms with Crippen LogP contribution in [-0.2, 0) is 0 Å². The monoisotopic (exact) mass is 824 g/mol. The molecule has 0 spiro atoms. The molecule has 0 saturated carbocycles. The number of para-hydroxylation sites is 1. The molecule has 298 valence electrons. The maximum atomic E-state index is 5.44. The predicted octanol–water partition coefficient (Wildman–Crippen LogP) is 16.4. The third kappa shape index (κ3) is 6.15. The second kappa shape index (κ2) is 15.0. The Kier molecular flexibility index (Phi) is 8.83. The summed E-state index contributed by atoms with van der Waals surface area (Å²) in [6.07, 6.45) is 1.25. The molecule has 0 bridgehead atoms. The predicted molar refractivity (Wildman–Crippen MR) is 269 cm³/mol. The standard InChI is InChI=1S/C55H32N4S.C3H8/c1-3-14-37-30-40(22-20-33(37)10-1)53-56-54(41-23-21-34-11-2-4-15-38(34)31-41)58-55(57-53)59-51-43-17-8-6-13-36(43)24-27-46(51)45-19-9-18-44(52(45)59)39-26-28-48-47(32-39)50-42-16-7-5-12-35(42)25-29-49(50)60-48;1-3-2/h1-32H;3H2,1-2H3. The molecule has 0 aliphatic rings. The van der Waals surface area contributed by atoms with E-state index in [1.807, 2.05) is 11.3 Å². The Hall–Kier alpha value is -7.73. The van der Waals surface area contributed by atoms with Crippen molar-refractivity contribution < 1.29 is 0 Å². The number of benzene rings is 10. The zero-order chi connectivity index (χ0) is 42.0. The highest BCUT2D eigenvalue weighted by Crippen LogP contribution is 2.44. The average molecular weight is 825 g/mol. The maximum absolute atomic E-state index is 5.44. The molecular weight excluding hydrogens is 785 g/mol. The molecular formula is C58H40N4S. The molecule has 0 saturated heterocycles. The number of hydrogen-bond donors (Lipinski definition) is 0. The van der Waals surface area contributed by atoms with E-state index in [2.05, 4.69) is 213 Å². The molecule has 63 heavy (non-hydrogen) atoms. The number of fused-ring (bicyclic) bond motifs is 12. The Balaban J connectivity index is 0.00000137. The largest absolute Gasteiger partial charge is 0.277 e. The van der Waals surface area contributed by atoms with E-state index in [1.54, 1.807) is 0 Å². The van der Waals surface area contributed by atoms with Crippen molar-refractivity contribution in [1.82, 2.24) is 19.5 Å². The van der Waals surface area contributed by atoms with Crippen LogP contribution in [0, 0.1) is 0 Å². The fraction of sp³-hybridized carbons (Fsp3) is 0.0517. The van der Waals surface area contributed by atoms with Crippen molar-refractivity contribution in [1.29, 1.82) is 0 Å². The first-order chi connectivity index (χ1) is 31.1. The molecule has 0 atom stereocenters. The van der Waals surface area contributed by atoms with Crippen LogP contribution < -0.4 is 0 Å². The van der Waals surface area contributed by atoms with Crippen LogP contribution in [0.4, 0.5) is 0 Å². The number of thiophene rings is 1. The van der Waals surface area contributed by atoms with Crippen molar-refractivity contribution in [3.63, 3.8) is 0 Å². The van der Waals surface area contributed by atoms with E-state index in [9.17, 15) is 0 Å². The summed E-state index contributed by atoms with van der Waals surface area (Å²) in [7, 11) is 0. The maximum Gasteiger partial charge on any atom is 0.238 e. The van der Waals surface area contributed by atoms with Crippen molar-refractivity contribution in [2.24, 2.45) is 0 Å². The van der Waals surface area contributed by atoms with E-state index >= 15 is 0 Å². The molecule has 0 unspecified atom stereocenters. The SMILES string of the molecule is CCC.c1ccc2cc(-c3nc(-c4ccc5ccccc5c4)nc(-n4c5c(-c6ccc7sc8ccc9ccccc9c8c7c6)cccc5c5ccc6ccccc6c54)n3)ccc2c1. The Bertz CT molecular complexity index is 3840. The molecule has 0 amide bonds. The number of rotatable bonds is 4. The van der Waals surface area contributed by atoms with Gasteiger partial charge in [-0.2, -0.15) is 9.97 Å². The van der Waals surface area contributed by atoms with Gasteiger partial charge in [-0.25, -0.2) is 4.98 Å². The van der Waals surface area contributed by atoms with Crippen molar-refractivity contribution in [3.05, 3.63) is 194 Å². The van der Waals surface area contributed by atoms with E-state index in [4.69, 9.17) is 15.0 Å². The van der Waals surface area contributed by atoms with Gasteiger partial charge in [0.15, 0.2) is 11.6 Å². The Morgan fingerprint density at radius 2 is 0.889 bits per heavy atom. The van der Waals surface area contributed by atoms with Crippen molar-refractivity contribution in [2.45, 2.75) is 20.3 Å². The van der Waals surface area contributed by atoms with Gasteiger partial charge in [0.2, 0.25) is 5.95 Å². The number of nitrogens with zero attached hydrogens (tertiary/aromatic N) is 4. The lowest BCUT2D eigenvalue weighted by Gasteiger charge is -2.14. The van der Waals surface area contributed by atoms with Crippen LogP contribution in [0.5, 0.6) is 0 Å². The summed E-state index contributed by atoms with van der Waals surface area (Å²) in [4.78, 5) is 16.1. The van der Waals surface area contributed by atoms with Gasteiger partial charge in [-0.05, 0) is 73.6 Å². The quantitative estimate of drug-likeness (QED) is 0.178. The summed E-state index contributed by atoms with van der Waals surface area (Å²) in [6, 6.07) is 69.9. The van der Waals surface area contributed by atoms with Gasteiger partial charge in [-0.15, -0.1) is 11.3 Å². The highest BCUT2D eigenvalue weighted by molar-refractivity contribution is 7.26. The normalized spacial score (nSPS) is 11.7. The van der Waals surface area contributed by atoms with E-state index in [0.717, 1.165) is 65.6 Å². The van der Waals surface area contributed by atoms with E-state index in [1.165, 1.54) is 48.1 Å². The van der Waals surface area contributed by atoms with Gasteiger partial charge in [-0.1, -0.05) is 184 Å². The summed E-state index contributed by atoms with van der Waals surface area (Å²) in [5.74, 6) is 1.83. The van der Waals surface area contributed by atoms with Gasteiger partial charge in [0.25, 0.3) is 0 Å². The van der Waals surface area contributed by atoms with Crippen LogP contribution in [-0.4, -0.2) is 19.5 Å². The Morgan fingerprint density at radius 1 is 0.381 bits per heavy atom. The molecule has 3 heterocycles. The minimum absolute atomic E-state index is 0.577. The zero-order valence-electron chi connectivity index (χ0n) is 34.9. The first-order valence-electron chi connectivity index (χ1n) is 21.7. The van der Waals surface area contributed by atoms with Gasteiger partial charge in [0, 0.05) is 53.0 Å². The van der Waals surface area contributed by atoms with Gasteiger partial charge in [-0.3, -0.25) is 4.57 Å². The summed E-state index contributed by atoms with van der Waals surface area (Å²) in [5.41, 5.74) is 6.28. The first kappa shape index (κ1) is 37.1. The molecule has 0 aliphatic heterocycles. The van der Waals surface area contributed by atoms with Crippen molar-refractivity contribution >= 4 is 96.4 Å². The minimum atomic E-state index is 0.577. The lowest BCUT2D eigenvalue weighted by atomic mass is 9.98. The molecule has 10 aromatic carbocycles. The minimum Gasteiger partial charge on any atom is -0.277 e.